The molecule has 2 N–H and O–H groups in total. The van der Waals surface area contributed by atoms with Gasteiger partial charge in [0.25, 0.3) is 5.56 Å². The lowest BCUT2D eigenvalue weighted by molar-refractivity contribution is 0.545. The summed E-state index contributed by atoms with van der Waals surface area (Å²) in [6, 6.07) is 0. The highest BCUT2D eigenvalue weighted by Crippen LogP contribution is 2.21. The first-order valence-corrected chi connectivity index (χ1v) is 4.81. The number of nitrogens with zero attached hydrogens (tertiary/aromatic N) is 1. The maximum Gasteiger partial charge on any atom is 0.270 e. The van der Waals surface area contributed by atoms with E-state index in [1.165, 1.54) is 4.68 Å². The number of aromatic nitrogens is 2. The van der Waals surface area contributed by atoms with Gasteiger partial charge in [-0.25, -0.2) is 0 Å². The van der Waals surface area contributed by atoms with Crippen molar-refractivity contribution >= 4 is 0 Å². The van der Waals surface area contributed by atoms with Gasteiger partial charge in [0.2, 0.25) is 0 Å². The summed E-state index contributed by atoms with van der Waals surface area (Å²) in [7, 11) is 3.59. The molecule has 14 heavy (non-hydrogen) atoms. The summed E-state index contributed by atoms with van der Waals surface area (Å²) in [4.78, 5) is 11.7. The number of aromatic amines is 1. The molecule has 0 atom stereocenters. The number of hydrogen-bond acceptors (Lipinski definition) is 2. The fourth-order valence-corrected chi connectivity index (χ4v) is 1.56. The highest BCUT2D eigenvalue weighted by atomic mass is 16.1. The van der Waals surface area contributed by atoms with Gasteiger partial charge in [0.05, 0.1) is 5.56 Å². The second-order valence-corrected chi connectivity index (χ2v) is 4.61. The Morgan fingerprint density at radius 1 is 1.43 bits per heavy atom. The molecule has 0 saturated carbocycles. The van der Waals surface area contributed by atoms with E-state index >= 15 is 0 Å². The van der Waals surface area contributed by atoms with Crippen LogP contribution in [0.1, 0.15) is 32.0 Å². The van der Waals surface area contributed by atoms with Crippen LogP contribution in [0, 0.1) is 0 Å². The quantitative estimate of drug-likeness (QED) is 0.734. The largest absolute Gasteiger partial charge is 0.315 e. The Kier molecular flexibility index (Phi) is 2.85. The third-order valence-corrected chi connectivity index (χ3v) is 2.25. The third kappa shape index (κ3) is 1.90. The minimum absolute atomic E-state index is 0.0212. The van der Waals surface area contributed by atoms with Crippen LogP contribution in [0.2, 0.25) is 0 Å². The van der Waals surface area contributed by atoms with Gasteiger partial charge in [0.1, 0.15) is 0 Å². The van der Waals surface area contributed by atoms with Crippen LogP contribution in [0.25, 0.3) is 0 Å². The molecule has 0 spiro atoms. The molecular weight excluding hydrogens is 178 g/mol. The Morgan fingerprint density at radius 3 is 2.43 bits per heavy atom. The van der Waals surface area contributed by atoms with Gasteiger partial charge >= 0.3 is 0 Å². The number of nitrogens with one attached hydrogen (secondary N) is 2. The third-order valence-electron chi connectivity index (χ3n) is 2.25. The average molecular weight is 197 g/mol. The maximum absolute atomic E-state index is 11.7. The van der Waals surface area contributed by atoms with Crippen LogP contribution in [-0.2, 0) is 19.0 Å². The van der Waals surface area contributed by atoms with Crippen molar-refractivity contribution in [1.29, 1.82) is 0 Å². The van der Waals surface area contributed by atoms with Crippen LogP contribution in [-0.4, -0.2) is 16.8 Å². The van der Waals surface area contributed by atoms with Gasteiger partial charge in [-0.15, -0.1) is 0 Å². The molecule has 80 valence electrons. The SMILES string of the molecule is CNCc1c(C(C)(C)C)[nH]n(C)c1=O. The molecular formula is C10H19N3O. The Bertz CT molecular complexity index is 368. The molecule has 4 nitrogen and oxygen atoms in total. The molecule has 1 heterocycles. The van der Waals surface area contributed by atoms with E-state index in [0.717, 1.165) is 11.3 Å². The maximum atomic E-state index is 11.7. The number of rotatable bonds is 2. The summed E-state index contributed by atoms with van der Waals surface area (Å²) in [6.45, 7) is 6.90. The van der Waals surface area contributed by atoms with E-state index in [2.05, 4.69) is 31.2 Å². The van der Waals surface area contributed by atoms with E-state index in [4.69, 9.17) is 0 Å². The topological polar surface area (TPSA) is 49.8 Å². The highest BCUT2D eigenvalue weighted by molar-refractivity contribution is 5.23. The van der Waals surface area contributed by atoms with Crippen LogP contribution >= 0.6 is 0 Å². The predicted octanol–water partition coefficient (Wildman–Crippen LogP) is 0.730. The first kappa shape index (κ1) is 11.0. The fraction of sp³-hybridized carbons (Fsp3) is 0.700. The van der Waals surface area contributed by atoms with Crippen LogP contribution in [0.4, 0.5) is 0 Å². The van der Waals surface area contributed by atoms with E-state index in [0.29, 0.717) is 6.54 Å². The van der Waals surface area contributed by atoms with Gasteiger partial charge in [-0.2, -0.15) is 0 Å². The Hall–Kier alpha value is -1.03. The second-order valence-electron chi connectivity index (χ2n) is 4.61. The van der Waals surface area contributed by atoms with Gasteiger partial charge in [-0.3, -0.25) is 14.6 Å². The van der Waals surface area contributed by atoms with Crippen LogP contribution in [0.15, 0.2) is 4.79 Å². The van der Waals surface area contributed by atoms with E-state index in [9.17, 15) is 4.79 Å². The molecule has 0 fully saturated rings. The summed E-state index contributed by atoms with van der Waals surface area (Å²) in [5.41, 5.74) is 1.89. The predicted molar refractivity (Wildman–Crippen MR) is 57.5 cm³/mol. The zero-order chi connectivity index (χ0) is 10.9. The Morgan fingerprint density at radius 2 is 2.00 bits per heavy atom. The monoisotopic (exact) mass is 197 g/mol. The normalized spacial score (nSPS) is 12.1. The average Bonchev–Trinajstić information content (AvgIpc) is 2.32. The molecule has 4 heteroatoms. The van der Waals surface area contributed by atoms with E-state index < -0.39 is 0 Å². The lowest BCUT2D eigenvalue weighted by Gasteiger charge is -2.18. The summed E-state index contributed by atoms with van der Waals surface area (Å²) in [6.07, 6.45) is 0. The standard InChI is InChI=1S/C10H19N3O/c1-10(2,3)8-7(6-11-4)9(14)13(5)12-8/h11-12H,6H2,1-5H3. The molecule has 1 aromatic rings. The molecule has 0 aromatic carbocycles. The molecule has 0 saturated heterocycles. The molecule has 0 aliphatic rings. The summed E-state index contributed by atoms with van der Waals surface area (Å²) >= 11 is 0. The van der Waals surface area contributed by atoms with Gasteiger partial charge in [0, 0.05) is 24.7 Å². The highest BCUT2D eigenvalue weighted by Gasteiger charge is 2.22. The van der Waals surface area contributed by atoms with E-state index in [1.807, 2.05) is 7.05 Å². The van der Waals surface area contributed by atoms with Gasteiger partial charge in [-0.1, -0.05) is 20.8 Å². The Labute approximate surface area is 84.3 Å². The summed E-state index contributed by atoms with van der Waals surface area (Å²) in [5.74, 6) is 0. The molecule has 1 rings (SSSR count). The number of aryl methyl sites for hydroxylation is 1. The number of hydrogen-bond donors (Lipinski definition) is 2. The van der Waals surface area contributed by atoms with Crippen molar-refractivity contribution in [2.24, 2.45) is 7.05 Å². The fourth-order valence-electron chi connectivity index (χ4n) is 1.56. The van der Waals surface area contributed by atoms with Crippen LogP contribution in [0.5, 0.6) is 0 Å². The van der Waals surface area contributed by atoms with E-state index in [-0.39, 0.29) is 11.0 Å². The lowest BCUT2D eigenvalue weighted by atomic mass is 9.89. The van der Waals surface area contributed by atoms with Crippen molar-refractivity contribution in [2.45, 2.75) is 32.7 Å². The Balaban J connectivity index is 3.30. The zero-order valence-corrected chi connectivity index (χ0v) is 9.56. The molecule has 1 aromatic heterocycles. The van der Waals surface area contributed by atoms with Crippen LogP contribution < -0.4 is 10.9 Å². The molecule has 0 unspecified atom stereocenters. The molecule has 0 amide bonds. The van der Waals surface area contributed by atoms with Crippen molar-refractivity contribution in [1.82, 2.24) is 15.1 Å². The zero-order valence-electron chi connectivity index (χ0n) is 9.56. The minimum atomic E-state index is -0.0212. The van der Waals surface area contributed by atoms with Gasteiger partial charge in [-0.05, 0) is 7.05 Å². The smallest absolute Gasteiger partial charge is 0.270 e. The van der Waals surface area contributed by atoms with Crippen molar-refractivity contribution in [3.63, 3.8) is 0 Å². The summed E-state index contributed by atoms with van der Waals surface area (Å²) in [5, 5.41) is 6.12. The van der Waals surface area contributed by atoms with Crippen molar-refractivity contribution in [3.8, 4) is 0 Å². The van der Waals surface area contributed by atoms with Gasteiger partial charge < -0.3 is 5.32 Å². The minimum Gasteiger partial charge on any atom is -0.315 e. The van der Waals surface area contributed by atoms with E-state index in [1.54, 1.807) is 7.05 Å². The van der Waals surface area contributed by atoms with Crippen LogP contribution in [0.3, 0.4) is 0 Å². The summed E-state index contributed by atoms with van der Waals surface area (Å²) < 4.78 is 1.53. The van der Waals surface area contributed by atoms with Crippen molar-refractivity contribution < 1.29 is 0 Å². The second kappa shape index (κ2) is 3.61. The molecule has 0 aliphatic heterocycles. The first-order valence-electron chi connectivity index (χ1n) is 4.81. The van der Waals surface area contributed by atoms with Gasteiger partial charge in [0.15, 0.2) is 0 Å². The first-order chi connectivity index (χ1) is 6.38. The van der Waals surface area contributed by atoms with Crippen molar-refractivity contribution in [2.75, 3.05) is 7.05 Å². The lowest BCUT2D eigenvalue weighted by Crippen LogP contribution is -2.21. The van der Waals surface area contributed by atoms with Crippen molar-refractivity contribution in [3.05, 3.63) is 21.6 Å². The number of H-pyrrole nitrogens is 1. The molecule has 0 bridgehead atoms. The molecule has 0 aliphatic carbocycles. The molecule has 0 radical (unpaired) electrons.